The first-order valence-electron chi connectivity index (χ1n) is 8.09. The Morgan fingerprint density at radius 2 is 2.00 bits per heavy atom. The van der Waals surface area contributed by atoms with Crippen molar-refractivity contribution in [2.75, 3.05) is 18.1 Å². The second-order valence-corrected chi connectivity index (χ2v) is 8.86. The van der Waals surface area contributed by atoms with Gasteiger partial charge in [-0.25, -0.2) is 8.42 Å². The van der Waals surface area contributed by atoms with E-state index in [9.17, 15) is 8.42 Å². The van der Waals surface area contributed by atoms with Gasteiger partial charge in [-0.05, 0) is 68.2 Å². The minimum absolute atomic E-state index is 0.287. The largest absolute Gasteiger partial charge is 0.310 e. The van der Waals surface area contributed by atoms with E-state index >= 15 is 0 Å². The van der Waals surface area contributed by atoms with Crippen molar-refractivity contribution >= 4 is 9.84 Å². The number of benzene rings is 1. The highest BCUT2D eigenvalue weighted by Crippen LogP contribution is 2.25. The summed E-state index contributed by atoms with van der Waals surface area (Å²) in [6, 6.07) is 7.15. The van der Waals surface area contributed by atoms with Crippen LogP contribution < -0.4 is 5.32 Å². The quantitative estimate of drug-likeness (QED) is 0.930. The lowest BCUT2D eigenvalue weighted by Crippen LogP contribution is -2.26. The molecule has 3 nitrogen and oxygen atoms in total. The summed E-state index contributed by atoms with van der Waals surface area (Å²) in [5.41, 5.74) is 4.35. The van der Waals surface area contributed by atoms with Gasteiger partial charge in [-0.15, -0.1) is 0 Å². The number of aryl methyl sites for hydroxylation is 2. The Labute approximate surface area is 128 Å². The maximum absolute atomic E-state index is 11.5. The molecule has 1 aliphatic heterocycles. The maximum Gasteiger partial charge on any atom is 0.150 e. The summed E-state index contributed by atoms with van der Waals surface area (Å²) in [6.07, 6.45) is 5.86. The zero-order chi connectivity index (χ0) is 14.9. The molecule has 3 rings (SSSR count). The molecule has 1 saturated heterocycles. The van der Waals surface area contributed by atoms with Crippen LogP contribution in [0.3, 0.4) is 0 Å². The van der Waals surface area contributed by atoms with Gasteiger partial charge >= 0.3 is 0 Å². The van der Waals surface area contributed by atoms with Crippen molar-refractivity contribution in [2.24, 2.45) is 5.92 Å². The average molecular weight is 307 g/mol. The molecular weight excluding hydrogens is 282 g/mol. The van der Waals surface area contributed by atoms with Crippen LogP contribution in [0.4, 0.5) is 0 Å². The van der Waals surface area contributed by atoms with Gasteiger partial charge in [0.15, 0.2) is 9.84 Å². The van der Waals surface area contributed by atoms with E-state index in [1.165, 1.54) is 42.4 Å². The second-order valence-electron chi connectivity index (χ2n) is 6.63. The van der Waals surface area contributed by atoms with Crippen molar-refractivity contribution in [1.29, 1.82) is 0 Å². The summed E-state index contributed by atoms with van der Waals surface area (Å²) in [4.78, 5) is 0. The molecule has 116 valence electrons. The Hall–Kier alpha value is -0.870. The van der Waals surface area contributed by atoms with Crippen LogP contribution in [0.25, 0.3) is 0 Å². The van der Waals surface area contributed by atoms with Crippen molar-refractivity contribution < 1.29 is 8.42 Å². The van der Waals surface area contributed by atoms with E-state index in [0.717, 1.165) is 13.0 Å². The third kappa shape index (κ3) is 3.67. The number of nitrogens with one attached hydrogen (secondary N) is 1. The normalized spacial score (nSPS) is 25.5. The third-order valence-electron chi connectivity index (χ3n) is 4.91. The molecule has 4 heteroatoms. The number of fused-ring (bicyclic) bond motifs is 1. The molecule has 21 heavy (non-hydrogen) atoms. The fourth-order valence-corrected chi connectivity index (χ4v) is 5.38. The summed E-state index contributed by atoms with van der Waals surface area (Å²) in [5, 5.41) is 3.52. The molecule has 0 spiro atoms. The summed E-state index contributed by atoms with van der Waals surface area (Å²) in [5.74, 6) is 1.01. The lowest BCUT2D eigenvalue weighted by Gasteiger charge is -2.21. The lowest BCUT2D eigenvalue weighted by molar-refractivity contribution is 0.476. The molecule has 2 unspecified atom stereocenters. The smallest absolute Gasteiger partial charge is 0.150 e. The summed E-state index contributed by atoms with van der Waals surface area (Å²) in [7, 11) is -2.76. The zero-order valence-electron chi connectivity index (χ0n) is 12.8. The van der Waals surface area contributed by atoms with E-state index in [-0.39, 0.29) is 5.92 Å². The van der Waals surface area contributed by atoms with Gasteiger partial charge in [-0.3, -0.25) is 0 Å². The van der Waals surface area contributed by atoms with Crippen LogP contribution in [0.1, 0.15) is 48.9 Å². The molecule has 0 aromatic heterocycles. The standard InChI is InChI=1S/C17H25NO2S/c1-13(18-11-14-8-9-21(19,20)12-14)16-7-6-15-4-2-3-5-17(15)10-16/h6-7,10,13-14,18H,2-5,8-9,11-12H2,1H3. The average Bonchev–Trinajstić information content (AvgIpc) is 2.83. The molecule has 1 fully saturated rings. The van der Waals surface area contributed by atoms with Gasteiger partial charge in [0.2, 0.25) is 0 Å². The van der Waals surface area contributed by atoms with Gasteiger partial charge in [-0.2, -0.15) is 0 Å². The van der Waals surface area contributed by atoms with E-state index in [4.69, 9.17) is 0 Å². The van der Waals surface area contributed by atoms with Gasteiger partial charge in [-0.1, -0.05) is 18.2 Å². The van der Waals surface area contributed by atoms with Gasteiger partial charge < -0.3 is 5.32 Å². The molecule has 0 radical (unpaired) electrons. The van der Waals surface area contributed by atoms with E-state index in [2.05, 4.69) is 30.4 Å². The van der Waals surface area contributed by atoms with Crippen molar-refractivity contribution in [1.82, 2.24) is 5.32 Å². The summed E-state index contributed by atoms with van der Waals surface area (Å²) in [6.45, 7) is 2.98. The molecule has 0 bridgehead atoms. The summed E-state index contributed by atoms with van der Waals surface area (Å²) < 4.78 is 23.0. The Balaban J connectivity index is 1.59. The Kier molecular flexibility index (Phi) is 4.36. The van der Waals surface area contributed by atoms with E-state index in [1.54, 1.807) is 0 Å². The number of rotatable bonds is 4. The van der Waals surface area contributed by atoms with Gasteiger partial charge in [0.05, 0.1) is 11.5 Å². The minimum Gasteiger partial charge on any atom is -0.310 e. The van der Waals surface area contributed by atoms with Gasteiger partial charge in [0.25, 0.3) is 0 Å². The third-order valence-corrected chi connectivity index (χ3v) is 6.75. The highest BCUT2D eigenvalue weighted by atomic mass is 32.2. The number of hydrogen-bond donors (Lipinski definition) is 1. The van der Waals surface area contributed by atoms with Crippen LogP contribution in [0.15, 0.2) is 18.2 Å². The molecule has 0 amide bonds. The molecule has 1 aromatic rings. The van der Waals surface area contributed by atoms with E-state index in [0.29, 0.717) is 17.5 Å². The monoisotopic (exact) mass is 307 g/mol. The van der Waals surface area contributed by atoms with E-state index < -0.39 is 9.84 Å². The molecule has 1 heterocycles. The first kappa shape index (κ1) is 15.0. The molecule has 1 aromatic carbocycles. The van der Waals surface area contributed by atoms with E-state index in [1.807, 2.05) is 0 Å². The van der Waals surface area contributed by atoms with Crippen LogP contribution >= 0.6 is 0 Å². The van der Waals surface area contributed by atoms with Crippen LogP contribution in [-0.4, -0.2) is 26.5 Å². The SMILES string of the molecule is CC(NCC1CCS(=O)(=O)C1)c1ccc2c(c1)CCCC2. The highest BCUT2D eigenvalue weighted by Gasteiger charge is 2.27. The molecule has 2 aliphatic rings. The van der Waals surface area contributed by atoms with Gasteiger partial charge in [0.1, 0.15) is 0 Å². The second kappa shape index (κ2) is 6.09. The predicted molar refractivity (Wildman–Crippen MR) is 86.3 cm³/mol. The van der Waals surface area contributed by atoms with Crippen molar-refractivity contribution in [3.05, 3.63) is 34.9 Å². The van der Waals surface area contributed by atoms with Crippen LogP contribution in [0.5, 0.6) is 0 Å². The predicted octanol–water partition coefficient (Wildman–Crippen LogP) is 2.65. The Bertz CT molecular complexity index is 609. The lowest BCUT2D eigenvalue weighted by atomic mass is 9.89. The zero-order valence-corrected chi connectivity index (χ0v) is 13.6. The fourth-order valence-electron chi connectivity index (χ4n) is 3.52. The van der Waals surface area contributed by atoms with Crippen LogP contribution in [0, 0.1) is 5.92 Å². The van der Waals surface area contributed by atoms with Crippen molar-refractivity contribution in [3.63, 3.8) is 0 Å². The molecule has 1 aliphatic carbocycles. The van der Waals surface area contributed by atoms with Crippen molar-refractivity contribution in [2.45, 2.75) is 45.1 Å². The maximum atomic E-state index is 11.5. The number of sulfone groups is 1. The molecule has 1 N–H and O–H groups in total. The first-order chi connectivity index (χ1) is 10.0. The van der Waals surface area contributed by atoms with Crippen LogP contribution in [-0.2, 0) is 22.7 Å². The first-order valence-corrected chi connectivity index (χ1v) is 9.91. The Morgan fingerprint density at radius 1 is 1.24 bits per heavy atom. The highest BCUT2D eigenvalue weighted by molar-refractivity contribution is 7.91. The van der Waals surface area contributed by atoms with Gasteiger partial charge in [0, 0.05) is 6.04 Å². The number of hydrogen-bond acceptors (Lipinski definition) is 3. The topological polar surface area (TPSA) is 46.2 Å². The fraction of sp³-hybridized carbons (Fsp3) is 0.647. The molecule has 2 atom stereocenters. The van der Waals surface area contributed by atoms with Crippen molar-refractivity contribution in [3.8, 4) is 0 Å². The molecular formula is C17H25NO2S. The molecule has 0 saturated carbocycles. The minimum atomic E-state index is -2.76. The van der Waals surface area contributed by atoms with Crippen LogP contribution in [0.2, 0.25) is 0 Å². The Morgan fingerprint density at radius 3 is 2.71 bits per heavy atom. The summed E-state index contributed by atoms with van der Waals surface area (Å²) >= 11 is 0.